The molecule has 0 aliphatic carbocycles. The maximum atomic E-state index is 11.5. The molecule has 0 aromatic carbocycles. The highest BCUT2D eigenvalue weighted by molar-refractivity contribution is 7.91. The molecule has 0 spiro atoms. The largest absolute Gasteiger partial charge is 0.315 e. The van der Waals surface area contributed by atoms with E-state index in [1.54, 1.807) is 0 Å². The number of nitrogens with one attached hydrogen (secondary N) is 1. The Labute approximate surface area is 105 Å². The van der Waals surface area contributed by atoms with Crippen LogP contribution in [0.25, 0.3) is 0 Å². The fraction of sp³-hybridized carbons (Fsp3) is 1.00. The zero-order valence-corrected chi connectivity index (χ0v) is 12.4. The van der Waals surface area contributed by atoms with Gasteiger partial charge in [-0.1, -0.05) is 13.8 Å². The molecule has 0 amide bonds. The first kappa shape index (κ1) is 16.9. The summed E-state index contributed by atoms with van der Waals surface area (Å²) in [6, 6.07) is 0. The van der Waals surface area contributed by atoms with Crippen molar-refractivity contribution >= 4 is 19.7 Å². The van der Waals surface area contributed by atoms with Crippen LogP contribution in [0.1, 0.15) is 20.3 Å². The van der Waals surface area contributed by atoms with E-state index in [2.05, 4.69) is 5.32 Å². The van der Waals surface area contributed by atoms with Crippen molar-refractivity contribution in [3.05, 3.63) is 0 Å². The van der Waals surface area contributed by atoms with E-state index < -0.39 is 19.7 Å². The summed E-state index contributed by atoms with van der Waals surface area (Å²) in [5.41, 5.74) is 0. The van der Waals surface area contributed by atoms with Gasteiger partial charge in [-0.2, -0.15) is 0 Å². The van der Waals surface area contributed by atoms with E-state index in [0.717, 1.165) is 6.26 Å². The molecule has 7 heteroatoms. The van der Waals surface area contributed by atoms with E-state index >= 15 is 0 Å². The maximum absolute atomic E-state index is 11.5. The molecular formula is C10H23NO4S2. The van der Waals surface area contributed by atoms with Crippen LogP contribution in [0.3, 0.4) is 0 Å². The van der Waals surface area contributed by atoms with E-state index in [-0.39, 0.29) is 17.3 Å². The summed E-state index contributed by atoms with van der Waals surface area (Å²) in [6.07, 6.45) is 1.83. The molecule has 0 heterocycles. The molecule has 0 bridgehead atoms. The van der Waals surface area contributed by atoms with Crippen molar-refractivity contribution in [2.45, 2.75) is 20.3 Å². The Balaban J connectivity index is 3.74. The molecule has 0 saturated carbocycles. The van der Waals surface area contributed by atoms with Crippen LogP contribution in [0.2, 0.25) is 0 Å². The Bertz CT molecular complexity index is 398. The predicted molar refractivity (Wildman–Crippen MR) is 70.7 cm³/mol. The molecule has 1 N–H and O–H groups in total. The van der Waals surface area contributed by atoms with Gasteiger partial charge in [-0.3, -0.25) is 0 Å². The first-order chi connectivity index (χ1) is 7.62. The third-order valence-electron chi connectivity index (χ3n) is 2.25. The first-order valence-electron chi connectivity index (χ1n) is 5.71. The highest BCUT2D eigenvalue weighted by atomic mass is 32.2. The summed E-state index contributed by atoms with van der Waals surface area (Å²) >= 11 is 0. The fourth-order valence-corrected chi connectivity index (χ4v) is 3.13. The number of hydrogen-bond donors (Lipinski definition) is 1. The lowest BCUT2D eigenvalue weighted by Gasteiger charge is -2.07. The third kappa shape index (κ3) is 12.1. The van der Waals surface area contributed by atoms with Gasteiger partial charge in [0.25, 0.3) is 0 Å². The lowest BCUT2D eigenvalue weighted by atomic mass is 10.2. The standard InChI is InChI=1S/C10H23NO4S2/c1-10(2)4-7-17(14,15)9-6-11-5-8-16(3,12)13/h10-11H,4-9H2,1-3H3. The fourth-order valence-electron chi connectivity index (χ4n) is 1.13. The van der Waals surface area contributed by atoms with Crippen LogP contribution in [0.5, 0.6) is 0 Å². The second-order valence-electron chi connectivity index (χ2n) is 4.71. The van der Waals surface area contributed by atoms with Gasteiger partial charge in [0.2, 0.25) is 0 Å². The minimum Gasteiger partial charge on any atom is -0.315 e. The minimum absolute atomic E-state index is 0.0407. The second kappa shape index (κ2) is 7.33. The lowest BCUT2D eigenvalue weighted by molar-refractivity contribution is 0.570. The van der Waals surface area contributed by atoms with Crippen LogP contribution < -0.4 is 5.32 Å². The Kier molecular flexibility index (Phi) is 7.27. The van der Waals surface area contributed by atoms with Crippen LogP contribution in [-0.4, -0.2) is 53.4 Å². The van der Waals surface area contributed by atoms with Crippen molar-refractivity contribution in [3.63, 3.8) is 0 Å². The molecule has 5 nitrogen and oxygen atoms in total. The molecule has 0 rings (SSSR count). The van der Waals surface area contributed by atoms with E-state index in [1.165, 1.54) is 0 Å². The van der Waals surface area contributed by atoms with E-state index in [1.807, 2.05) is 13.8 Å². The van der Waals surface area contributed by atoms with Gasteiger partial charge in [0, 0.05) is 19.3 Å². The van der Waals surface area contributed by atoms with Crippen LogP contribution >= 0.6 is 0 Å². The zero-order chi connectivity index (χ0) is 13.5. The normalized spacial score (nSPS) is 13.2. The second-order valence-corrected chi connectivity index (χ2v) is 9.28. The molecule has 0 unspecified atom stereocenters. The molecule has 0 aliphatic rings. The van der Waals surface area contributed by atoms with Crippen LogP contribution in [0, 0.1) is 5.92 Å². The summed E-state index contributed by atoms with van der Waals surface area (Å²) in [7, 11) is -5.98. The Morgan fingerprint density at radius 3 is 1.94 bits per heavy atom. The minimum atomic E-state index is -3.00. The summed E-state index contributed by atoms with van der Waals surface area (Å²) in [4.78, 5) is 0. The summed E-state index contributed by atoms with van der Waals surface area (Å²) < 4.78 is 44.7. The maximum Gasteiger partial charge on any atom is 0.151 e. The van der Waals surface area contributed by atoms with Gasteiger partial charge in [0.15, 0.2) is 9.84 Å². The summed E-state index contributed by atoms with van der Waals surface area (Å²) in [5.74, 6) is 0.698. The van der Waals surface area contributed by atoms with Crippen LogP contribution in [-0.2, 0) is 19.7 Å². The molecule has 0 atom stereocenters. The Morgan fingerprint density at radius 2 is 1.47 bits per heavy atom. The van der Waals surface area contributed by atoms with E-state index in [4.69, 9.17) is 0 Å². The topological polar surface area (TPSA) is 80.3 Å². The summed E-state index contributed by atoms with van der Waals surface area (Å²) in [6.45, 7) is 4.59. The smallest absolute Gasteiger partial charge is 0.151 e. The molecule has 104 valence electrons. The summed E-state index contributed by atoms with van der Waals surface area (Å²) in [5, 5.41) is 2.83. The van der Waals surface area contributed by atoms with Crippen LogP contribution in [0.15, 0.2) is 0 Å². The monoisotopic (exact) mass is 285 g/mol. The van der Waals surface area contributed by atoms with Gasteiger partial charge in [0.1, 0.15) is 9.84 Å². The molecule has 0 fully saturated rings. The van der Waals surface area contributed by atoms with Crippen LogP contribution in [0.4, 0.5) is 0 Å². The predicted octanol–water partition coefficient (Wildman–Crippen LogP) is 0.0815. The SMILES string of the molecule is CC(C)CCS(=O)(=O)CCNCCS(C)(=O)=O. The van der Waals surface area contributed by atoms with Gasteiger partial charge in [-0.05, 0) is 12.3 Å². The molecule has 0 aromatic rings. The number of sulfone groups is 2. The highest BCUT2D eigenvalue weighted by Gasteiger charge is 2.11. The quantitative estimate of drug-likeness (QED) is 0.607. The Morgan fingerprint density at radius 1 is 0.941 bits per heavy atom. The average molecular weight is 285 g/mol. The number of hydrogen-bond acceptors (Lipinski definition) is 5. The molecule has 0 aromatic heterocycles. The van der Waals surface area contributed by atoms with E-state index in [9.17, 15) is 16.8 Å². The van der Waals surface area contributed by atoms with Crippen molar-refractivity contribution in [1.29, 1.82) is 0 Å². The van der Waals surface area contributed by atoms with Crippen molar-refractivity contribution in [2.24, 2.45) is 5.92 Å². The zero-order valence-electron chi connectivity index (χ0n) is 10.8. The molecule has 17 heavy (non-hydrogen) atoms. The lowest BCUT2D eigenvalue weighted by Crippen LogP contribution is -2.28. The van der Waals surface area contributed by atoms with Gasteiger partial charge < -0.3 is 5.32 Å². The molecule has 0 saturated heterocycles. The molecular weight excluding hydrogens is 262 g/mol. The van der Waals surface area contributed by atoms with Gasteiger partial charge in [0.05, 0.1) is 17.3 Å². The molecule has 0 radical (unpaired) electrons. The Hall–Kier alpha value is -0.140. The van der Waals surface area contributed by atoms with Crippen molar-refractivity contribution < 1.29 is 16.8 Å². The van der Waals surface area contributed by atoms with E-state index in [0.29, 0.717) is 25.4 Å². The molecule has 0 aliphatic heterocycles. The van der Waals surface area contributed by atoms with Gasteiger partial charge >= 0.3 is 0 Å². The van der Waals surface area contributed by atoms with Crippen molar-refractivity contribution in [1.82, 2.24) is 5.32 Å². The highest BCUT2D eigenvalue weighted by Crippen LogP contribution is 2.03. The first-order valence-corrected chi connectivity index (χ1v) is 9.59. The van der Waals surface area contributed by atoms with Gasteiger partial charge in [-0.25, -0.2) is 16.8 Å². The van der Waals surface area contributed by atoms with Gasteiger partial charge in [-0.15, -0.1) is 0 Å². The number of rotatable bonds is 9. The third-order valence-corrected chi connectivity index (χ3v) is 4.88. The average Bonchev–Trinajstić information content (AvgIpc) is 2.12. The van der Waals surface area contributed by atoms with Crippen molar-refractivity contribution in [2.75, 3.05) is 36.6 Å². The van der Waals surface area contributed by atoms with Crippen molar-refractivity contribution in [3.8, 4) is 0 Å².